The molecular weight excluding hydrogens is 342 g/mol. The van der Waals surface area contributed by atoms with Crippen LogP contribution in [0.1, 0.15) is 32.6 Å². The molecule has 5 heteroatoms. The largest absolute Gasteiger partial charge is 0.495 e. The number of fused-ring (bicyclic) bond motifs is 1. The summed E-state index contributed by atoms with van der Waals surface area (Å²) in [5.41, 5.74) is 1.78. The zero-order chi connectivity index (χ0) is 19.2. The van der Waals surface area contributed by atoms with E-state index in [9.17, 15) is 9.59 Å². The molecule has 1 aromatic heterocycles. The summed E-state index contributed by atoms with van der Waals surface area (Å²) in [4.78, 5) is 24.6. The van der Waals surface area contributed by atoms with Crippen LogP contribution in [0.5, 0.6) is 5.75 Å². The minimum atomic E-state index is -0.418. The van der Waals surface area contributed by atoms with Gasteiger partial charge in [0.1, 0.15) is 11.3 Å². The molecule has 0 unspecified atom stereocenters. The van der Waals surface area contributed by atoms with E-state index in [0.717, 1.165) is 24.6 Å². The first kappa shape index (κ1) is 18.7. The summed E-state index contributed by atoms with van der Waals surface area (Å²) in [6.45, 7) is 2.10. The van der Waals surface area contributed by atoms with Crippen LogP contribution in [0, 0.1) is 0 Å². The van der Waals surface area contributed by atoms with Gasteiger partial charge in [-0.3, -0.25) is 4.79 Å². The first-order valence-corrected chi connectivity index (χ1v) is 9.13. The van der Waals surface area contributed by atoms with Gasteiger partial charge < -0.3 is 14.5 Å². The number of nitrogens with one attached hydrogen (secondary N) is 1. The molecule has 3 rings (SSSR count). The third-order valence-electron chi connectivity index (χ3n) is 4.43. The number of ether oxygens (including phenoxy) is 1. The van der Waals surface area contributed by atoms with Crippen molar-refractivity contribution in [3.63, 3.8) is 0 Å². The zero-order valence-electron chi connectivity index (χ0n) is 15.6. The lowest BCUT2D eigenvalue weighted by atomic mass is 10.0. The zero-order valence-corrected chi connectivity index (χ0v) is 15.6. The number of hydrogen-bond acceptors (Lipinski definition) is 4. The number of unbranched alkanes of at least 4 members (excludes halogenated alkanes) is 2. The Bertz CT molecular complexity index is 1010. The molecule has 1 amide bonds. The van der Waals surface area contributed by atoms with Gasteiger partial charge in [-0.2, -0.15) is 0 Å². The molecule has 2 aromatic carbocycles. The number of amides is 1. The maximum atomic E-state index is 12.4. The molecule has 0 saturated heterocycles. The van der Waals surface area contributed by atoms with Gasteiger partial charge in [0, 0.05) is 11.8 Å². The summed E-state index contributed by atoms with van der Waals surface area (Å²) < 4.78 is 10.8. The molecule has 1 N–H and O–H groups in total. The predicted molar refractivity (Wildman–Crippen MR) is 107 cm³/mol. The highest BCUT2D eigenvalue weighted by atomic mass is 16.5. The molecule has 0 fully saturated rings. The van der Waals surface area contributed by atoms with E-state index < -0.39 is 5.63 Å². The fourth-order valence-corrected chi connectivity index (χ4v) is 2.98. The summed E-state index contributed by atoms with van der Waals surface area (Å²) in [5.74, 6) is 0.484. The van der Waals surface area contributed by atoms with Crippen molar-refractivity contribution < 1.29 is 13.9 Å². The average Bonchev–Trinajstić information content (AvgIpc) is 2.67. The van der Waals surface area contributed by atoms with Crippen LogP contribution >= 0.6 is 0 Å². The molecule has 0 aliphatic rings. The summed E-state index contributed by atoms with van der Waals surface area (Å²) >= 11 is 0. The molecule has 0 aliphatic heterocycles. The van der Waals surface area contributed by atoms with E-state index in [1.165, 1.54) is 0 Å². The molecule has 0 radical (unpaired) electrons. The second-order valence-electron chi connectivity index (χ2n) is 6.41. The van der Waals surface area contributed by atoms with Gasteiger partial charge >= 0.3 is 5.63 Å². The minimum absolute atomic E-state index is 0.0653. The van der Waals surface area contributed by atoms with E-state index in [1.54, 1.807) is 37.4 Å². The molecule has 140 valence electrons. The van der Waals surface area contributed by atoms with Crippen molar-refractivity contribution in [1.29, 1.82) is 0 Å². The number of para-hydroxylation sites is 1. The van der Waals surface area contributed by atoms with Crippen LogP contribution in [0.15, 0.2) is 57.7 Å². The number of methoxy groups -OCH3 is 1. The van der Waals surface area contributed by atoms with E-state index in [2.05, 4.69) is 12.2 Å². The summed E-state index contributed by atoms with van der Waals surface area (Å²) in [6.07, 6.45) is 3.38. The molecule has 27 heavy (non-hydrogen) atoms. The molecule has 5 nitrogen and oxygen atoms in total. The molecular formula is C22H23NO4. The van der Waals surface area contributed by atoms with E-state index >= 15 is 0 Å². The topological polar surface area (TPSA) is 68.5 Å². The number of anilines is 1. The molecule has 0 spiro atoms. The normalized spacial score (nSPS) is 10.7. The van der Waals surface area contributed by atoms with Gasteiger partial charge in [-0.05, 0) is 36.2 Å². The first-order valence-electron chi connectivity index (χ1n) is 9.13. The molecule has 0 atom stereocenters. The SMILES string of the molecule is CCCCCC(=O)Nc1cc(-c2cc3ccccc3oc2=O)ccc1OC. The fourth-order valence-electron chi connectivity index (χ4n) is 2.98. The van der Waals surface area contributed by atoms with Crippen LogP contribution in [0.3, 0.4) is 0 Å². The van der Waals surface area contributed by atoms with Crippen molar-refractivity contribution in [2.75, 3.05) is 12.4 Å². The Morgan fingerprint density at radius 2 is 1.93 bits per heavy atom. The molecule has 1 heterocycles. The van der Waals surface area contributed by atoms with Crippen molar-refractivity contribution >= 4 is 22.6 Å². The van der Waals surface area contributed by atoms with Gasteiger partial charge in [0.05, 0.1) is 18.4 Å². The number of rotatable bonds is 7. The molecule has 0 saturated carbocycles. The third kappa shape index (κ3) is 4.37. The minimum Gasteiger partial charge on any atom is -0.495 e. The smallest absolute Gasteiger partial charge is 0.344 e. The second-order valence-corrected chi connectivity index (χ2v) is 6.41. The molecule has 0 aliphatic carbocycles. The van der Waals surface area contributed by atoms with Crippen molar-refractivity contribution in [2.45, 2.75) is 32.6 Å². The van der Waals surface area contributed by atoms with Crippen LogP contribution in [0.4, 0.5) is 5.69 Å². The van der Waals surface area contributed by atoms with E-state index in [0.29, 0.717) is 34.6 Å². The van der Waals surface area contributed by atoms with Gasteiger partial charge in [0.2, 0.25) is 5.91 Å². The quantitative estimate of drug-likeness (QED) is 0.473. The molecule has 0 bridgehead atoms. The highest BCUT2D eigenvalue weighted by molar-refractivity contribution is 5.93. The lowest BCUT2D eigenvalue weighted by Crippen LogP contribution is -2.12. The van der Waals surface area contributed by atoms with Crippen molar-refractivity contribution in [1.82, 2.24) is 0 Å². The van der Waals surface area contributed by atoms with Crippen molar-refractivity contribution in [3.8, 4) is 16.9 Å². The number of benzene rings is 2. The van der Waals surface area contributed by atoms with Gasteiger partial charge in [-0.15, -0.1) is 0 Å². The van der Waals surface area contributed by atoms with Gasteiger partial charge in [-0.1, -0.05) is 44.0 Å². The van der Waals surface area contributed by atoms with Crippen LogP contribution in [-0.2, 0) is 4.79 Å². The third-order valence-corrected chi connectivity index (χ3v) is 4.43. The van der Waals surface area contributed by atoms with Gasteiger partial charge in [0.15, 0.2) is 0 Å². The Hall–Kier alpha value is -3.08. The number of carbonyl (C=O) groups excluding carboxylic acids is 1. The standard InChI is InChI=1S/C22H23NO4/c1-3-4-5-10-21(24)23-18-14-15(11-12-20(18)26-2)17-13-16-8-6-7-9-19(16)27-22(17)25/h6-9,11-14H,3-5,10H2,1-2H3,(H,23,24). The fraction of sp³-hybridized carbons (Fsp3) is 0.273. The monoisotopic (exact) mass is 365 g/mol. The Labute approximate surface area is 158 Å². The summed E-state index contributed by atoms with van der Waals surface area (Å²) in [7, 11) is 1.55. The Kier molecular flexibility index (Phi) is 5.91. The highest BCUT2D eigenvalue weighted by Crippen LogP contribution is 2.30. The van der Waals surface area contributed by atoms with Crippen LogP contribution in [-0.4, -0.2) is 13.0 Å². The number of hydrogen-bond donors (Lipinski definition) is 1. The maximum absolute atomic E-state index is 12.4. The van der Waals surface area contributed by atoms with E-state index in [-0.39, 0.29) is 5.91 Å². The maximum Gasteiger partial charge on any atom is 0.344 e. The number of carbonyl (C=O) groups is 1. The lowest BCUT2D eigenvalue weighted by Gasteiger charge is -2.12. The highest BCUT2D eigenvalue weighted by Gasteiger charge is 2.13. The van der Waals surface area contributed by atoms with Gasteiger partial charge in [-0.25, -0.2) is 4.79 Å². The Morgan fingerprint density at radius 3 is 2.70 bits per heavy atom. The average molecular weight is 365 g/mol. The van der Waals surface area contributed by atoms with Gasteiger partial charge in [0.25, 0.3) is 0 Å². The Balaban J connectivity index is 1.94. The van der Waals surface area contributed by atoms with Crippen LogP contribution < -0.4 is 15.7 Å². The molecule has 3 aromatic rings. The van der Waals surface area contributed by atoms with E-state index in [4.69, 9.17) is 9.15 Å². The second kappa shape index (κ2) is 8.54. The summed E-state index contributed by atoms with van der Waals surface area (Å²) in [5, 5.41) is 3.73. The van der Waals surface area contributed by atoms with Crippen molar-refractivity contribution in [2.24, 2.45) is 0 Å². The van der Waals surface area contributed by atoms with Crippen LogP contribution in [0.2, 0.25) is 0 Å². The van der Waals surface area contributed by atoms with Crippen molar-refractivity contribution in [3.05, 3.63) is 59.0 Å². The van der Waals surface area contributed by atoms with Crippen LogP contribution in [0.25, 0.3) is 22.1 Å². The summed E-state index contributed by atoms with van der Waals surface area (Å²) in [6, 6.07) is 14.4. The first-order chi connectivity index (χ1) is 13.1. The van der Waals surface area contributed by atoms with E-state index in [1.807, 2.05) is 18.2 Å². The Morgan fingerprint density at radius 1 is 1.11 bits per heavy atom. The lowest BCUT2D eigenvalue weighted by molar-refractivity contribution is -0.116. The predicted octanol–water partition coefficient (Wildman–Crippen LogP) is 4.99.